The van der Waals surface area contributed by atoms with Crippen LogP contribution in [0.15, 0.2) is 29.2 Å². The fourth-order valence-corrected chi connectivity index (χ4v) is 3.38. The summed E-state index contributed by atoms with van der Waals surface area (Å²) in [6.07, 6.45) is 4.43. The number of nitrogens with one attached hydrogen (secondary N) is 1. The predicted molar refractivity (Wildman–Crippen MR) is 63.5 cm³/mol. The summed E-state index contributed by atoms with van der Waals surface area (Å²) >= 11 is 0. The van der Waals surface area contributed by atoms with Crippen molar-refractivity contribution in [2.24, 2.45) is 5.92 Å². The monoisotopic (exact) mass is 257 g/mol. The third kappa shape index (κ3) is 3.04. The average molecular weight is 257 g/mol. The fraction of sp³-hybridized carbons (Fsp3) is 0.500. The van der Waals surface area contributed by atoms with Crippen LogP contribution in [0.25, 0.3) is 0 Å². The molecule has 94 valence electrons. The minimum Gasteiger partial charge on any atom is -0.211 e. The first-order valence-corrected chi connectivity index (χ1v) is 7.32. The highest BCUT2D eigenvalue weighted by Gasteiger charge is 2.21. The van der Waals surface area contributed by atoms with Gasteiger partial charge in [-0.25, -0.2) is 17.5 Å². The largest absolute Gasteiger partial charge is 0.243 e. The van der Waals surface area contributed by atoms with Crippen molar-refractivity contribution in [3.63, 3.8) is 0 Å². The second-order valence-corrected chi connectivity index (χ2v) is 6.17. The topological polar surface area (TPSA) is 46.2 Å². The maximum Gasteiger partial charge on any atom is 0.243 e. The molecule has 1 aliphatic rings. The normalized spacial score (nSPS) is 17.5. The zero-order chi connectivity index (χ0) is 12.3. The molecule has 17 heavy (non-hydrogen) atoms. The van der Waals surface area contributed by atoms with Crippen LogP contribution in [0.3, 0.4) is 0 Å². The summed E-state index contributed by atoms with van der Waals surface area (Å²) < 4.78 is 39.6. The number of sulfonamides is 1. The zero-order valence-corrected chi connectivity index (χ0v) is 10.3. The van der Waals surface area contributed by atoms with Crippen molar-refractivity contribution in [2.45, 2.75) is 30.6 Å². The van der Waals surface area contributed by atoms with Gasteiger partial charge in [0.25, 0.3) is 0 Å². The van der Waals surface area contributed by atoms with Crippen LogP contribution in [-0.4, -0.2) is 15.0 Å². The van der Waals surface area contributed by atoms with Gasteiger partial charge in [-0.3, -0.25) is 0 Å². The van der Waals surface area contributed by atoms with Gasteiger partial charge in [0.1, 0.15) is 10.7 Å². The molecule has 5 heteroatoms. The summed E-state index contributed by atoms with van der Waals surface area (Å²) in [7, 11) is -3.70. The Morgan fingerprint density at radius 1 is 1.24 bits per heavy atom. The van der Waals surface area contributed by atoms with Gasteiger partial charge in [-0.2, -0.15) is 0 Å². The number of hydrogen-bond donors (Lipinski definition) is 1. The van der Waals surface area contributed by atoms with Crippen LogP contribution in [0, 0.1) is 11.7 Å². The van der Waals surface area contributed by atoms with Gasteiger partial charge in [-0.15, -0.1) is 0 Å². The van der Waals surface area contributed by atoms with E-state index in [0.717, 1.165) is 31.7 Å². The number of benzene rings is 1. The molecule has 1 aromatic carbocycles. The summed E-state index contributed by atoms with van der Waals surface area (Å²) in [5.41, 5.74) is 0. The molecule has 1 fully saturated rings. The average Bonchev–Trinajstić information content (AvgIpc) is 2.80. The number of halogens is 1. The molecule has 0 heterocycles. The van der Waals surface area contributed by atoms with Gasteiger partial charge < -0.3 is 0 Å². The summed E-state index contributed by atoms with van der Waals surface area (Å²) in [4.78, 5) is -0.266. The van der Waals surface area contributed by atoms with E-state index >= 15 is 0 Å². The van der Waals surface area contributed by atoms with Crippen LogP contribution in [0.1, 0.15) is 25.7 Å². The van der Waals surface area contributed by atoms with Crippen LogP contribution in [0.2, 0.25) is 0 Å². The van der Waals surface area contributed by atoms with Crippen molar-refractivity contribution >= 4 is 10.0 Å². The van der Waals surface area contributed by atoms with Crippen molar-refractivity contribution in [3.05, 3.63) is 30.1 Å². The fourth-order valence-electron chi connectivity index (χ4n) is 2.18. The van der Waals surface area contributed by atoms with Gasteiger partial charge in [0.05, 0.1) is 0 Å². The predicted octanol–water partition coefficient (Wildman–Crippen LogP) is 2.29. The Balaban J connectivity index is 2.06. The minimum atomic E-state index is -3.70. The second-order valence-electron chi connectivity index (χ2n) is 4.43. The molecule has 3 nitrogen and oxygen atoms in total. The van der Waals surface area contributed by atoms with Gasteiger partial charge in [-0.05, 0) is 30.9 Å². The van der Waals surface area contributed by atoms with Crippen molar-refractivity contribution in [2.75, 3.05) is 6.54 Å². The summed E-state index contributed by atoms with van der Waals surface area (Å²) in [5.74, 6) is -0.303. The molecule has 0 aliphatic heterocycles. The first kappa shape index (κ1) is 12.5. The van der Waals surface area contributed by atoms with Crippen molar-refractivity contribution in [1.82, 2.24) is 4.72 Å². The third-order valence-electron chi connectivity index (χ3n) is 3.16. The van der Waals surface area contributed by atoms with Crippen LogP contribution in [-0.2, 0) is 10.0 Å². The minimum absolute atomic E-state index is 0.266. The highest BCUT2D eigenvalue weighted by Crippen LogP contribution is 2.24. The Kier molecular flexibility index (Phi) is 3.79. The Hall–Kier alpha value is -0.940. The highest BCUT2D eigenvalue weighted by atomic mass is 32.2. The quantitative estimate of drug-likeness (QED) is 0.899. The van der Waals surface area contributed by atoms with Gasteiger partial charge >= 0.3 is 0 Å². The van der Waals surface area contributed by atoms with E-state index in [2.05, 4.69) is 4.72 Å². The molecule has 0 unspecified atom stereocenters. The number of hydrogen-bond acceptors (Lipinski definition) is 2. The van der Waals surface area contributed by atoms with E-state index in [1.807, 2.05) is 0 Å². The van der Waals surface area contributed by atoms with Crippen LogP contribution in [0.5, 0.6) is 0 Å². The van der Waals surface area contributed by atoms with Gasteiger partial charge in [0.15, 0.2) is 0 Å². The molecule has 0 radical (unpaired) electrons. The lowest BCUT2D eigenvalue weighted by atomic mass is 10.1. The van der Waals surface area contributed by atoms with E-state index < -0.39 is 15.8 Å². The lowest BCUT2D eigenvalue weighted by Gasteiger charge is -2.11. The van der Waals surface area contributed by atoms with Crippen molar-refractivity contribution in [3.8, 4) is 0 Å². The summed E-state index contributed by atoms with van der Waals surface area (Å²) in [6, 6.07) is 5.44. The SMILES string of the molecule is O=S(=O)(NCC1CCCC1)c1ccccc1F. The van der Waals surface area contributed by atoms with E-state index in [9.17, 15) is 12.8 Å². The first-order chi connectivity index (χ1) is 8.09. The lowest BCUT2D eigenvalue weighted by molar-refractivity contribution is 0.514. The summed E-state index contributed by atoms with van der Waals surface area (Å²) in [6.45, 7) is 0.413. The molecule has 0 amide bonds. The van der Waals surface area contributed by atoms with E-state index in [0.29, 0.717) is 12.5 Å². The third-order valence-corrected chi connectivity index (χ3v) is 4.62. The van der Waals surface area contributed by atoms with Crippen LogP contribution < -0.4 is 4.72 Å². The Morgan fingerprint density at radius 3 is 2.53 bits per heavy atom. The molecule has 1 N–H and O–H groups in total. The molecule has 0 atom stereocenters. The van der Waals surface area contributed by atoms with E-state index in [4.69, 9.17) is 0 Å². The molecule has 0 bridgehead atoms. The Labute approximate surface area is 101 Å². The van der Waals surface area contributed by atoms with E-state index in [1.54, 1.807) is 0 Å². The molecule has 1 aliphatic carbocycles. The molecular weight excluding hydrogens is 241 g/mol. The maximum atomic E-state index is 13.4. The second kappa shape index (κ2) is 5.14. The maximum absolute atomic E-state index is 13.4. The molecule has 2 rings (SSSR count). The Bertz CT molecular complexity index is 481. The lowest BCUT2D eigenvalue weighted by Crippen LogP contribution is -2.29. The molecule has 0 aromatic heterocycles. The highest BCUT2D eigenvalue weighted by molar-refractivity contribution is 7.89. The zero-order valence-electron chi connectivity index (χ0n) is 9.52. The van der Waals surface area contributed by atoms with Gasteiger partial charge in [0, 0.05) is 6.54 Å². The standard InChI is InChI=1S/C12H16FNO2S/c13-11-7-3-4-8-12(11)17(15,16)14-9-10-5-1-2-6-10/h3-4,7-8,10,14H,1-2,5-6,9H2. The molecule has 0 saturated heterocycles. The van der Waals surface area contributed by atoms with E-state index in [-0.39, 0.29) is 4.90 Å². The van der Waals surface area contributed by atoms with Crippen molar-refractivity contribution in [1.29, 1.82) is 0 Å². The smallest absolute Gasteiger partial charge is 0.211 e. The number of rotatable bonds is 4. The van der Waals surface area contributed by atoms with Crippen LogP contribution in [0.4, 0.5) is 4.39 Å². The molecule has 1 aromatic rings. The van der Waals surface area contributed by atoms with Gasteiger partial charge in [0.2, 0.25) is 10.0 Å². The molecule has 1 saturated carbocycles. The first-order valence-electron chi connectivity index (χ1n) is 5.84. The van der Waals surface area contributed by atoms with E-state index in [1.165, 1.54) is 18.2 Å². The summed E-state index contributed by atoms with van der Waals surface area (Å²) in [5, 5.41) is 0. The Morgan fingerprint density at radius 2 is 1.88 bits per heavy atom. The molecular formula is C12H16FNO2S. The van der Waals surface area contributed by atoms with Crippen molar-refractivity contribution < 1.29 is 12.8 Å². The van der Waals surface area contributed by atoms with Gasteiger partial charge in [-0.1, -0.05) is 25.0 Å². The van der Waals surface area contributed by atoms with Crippen LogP contribution >= 0.6 is 0 Å². The molecule has 0 spiro atoms.